The Morgan fingerprint density at radius 2 is 2.23 bits per heavy atom. The van der Waals surface area contributed by atoms with Crippen LogP contribution in [0.1, 0.15) is 13.3 Å². The molecule has 0 spiro atoms. The summed E-state index contributed by atoms with van der Waals surface area (Å²) in [5.74, 6) is 1.01. The van der Waals surface area contributed by atoms with Gasteiger partial charge in [-0.05, 0) is 12.1 Å². The van der Waals surface area contributed by atoms with Gasteiger partial charge in [-0.25, -0.2) is 9.97 Å². The van der Waals surface area contributed by atoms with Crippen LogP contribution in [0.2, 0.25) is 0 Å². The molecular formula is C14H18N6O2. The molecule has 0 saturated heterocycles. The Morgan fingerprint density at radius 1 is 1.36 bits per heavy atom. The summed E-state index contributed by atoms with van der Waals surface area (Å²) in [5.41, 5.74) is 0.631. The van der Waals surface area contributed by atoms with Gasteiger partial charge in [-0.15, -0.1) is 10.2 Å². The lowest BCUT2D eigenvalue weighted by atomic mass is 10.4. The summed E-state index contributed by atoms with van der Waals surface area (Å²) in [5, 5.41) is 7.96. The van der Waals surface area contributed by atoms with E-state index >= 15 is 0 Å². The zero-order chi connectivity index (χ0) is 15.8. The third-order valence-corrected chi connectivity index (χ3v) is 2.85. The van der Waals surface area contributed by atoms with Gasteiger partial charge < -0.3 is 14.6 Å². The fraction of sp³-hybridized carbons (Fsp3) is 0.357. The van der Waals surface area contributed by atoms with Crippen molar-refractivity contribution < 1.29 is 9.53 Å². The summed E-state index contributed by atoms with van der Waals surface area (Å²) >= 11 is 0. The van der Waals surface area contributed by atoms with Crippen LogP contribution in [-0.2, 0) is 9.53 Å². The van der Waals surface area contributed by atoms with E-state index in [1.165, 1.54) is 0 Å². The number of hydrogen-bond donors (Lipinski definition) is 1. The molecule has 0 bridgehead atoms. The molecule has 8 nitrogen and oxygen atoms in total. The summed E-state index contributed by atoms with van der Waals surface area (Å²) in [7, 11) is 1.88. The number of aromatic nitrogens is 3. The number of azo groups is 1. The average Bonchev–Trinajstić information content (AvgIpc) is 3.06. The van der Waals surface area contributed by atoms with Gasteiger partial charge in [0, 0.05) is 25.9 Å². The first-order valence-corrected chi connectivity index (χ1v) is 6.93. The van der Waals surface area contributed by atoms with Crippen molar-refractivity contribution in [1.29, 1.82) is 0 Å². The maximum Gasteiger partial charge on any atom is 0.305 e. The molecule has 0 aliphatic rings. The number of H-pyrrole nitrogens is 1. The Balaban J connectivity index is 1.86. The molecule has 116 valence electrons. The van der Waals surface area contributed by atoms with E-state index in [9.17, 15) is 4.79 Å². The molecular weight excluding hydrogens is 284 g/mol. The molecule has 0 unspecified atom stereocenters. The number of esters is 1. The highest BCUT2D eigenvalue weighted by Gasteiger charge is 2.04. The molecule has 1 N–H and O–H groups in total. The van der Waals surface area contributed by atoms with Crippen molar-refractivity contribution in [1.82, 2.24) is 15.0 Å². The number of imidazole rings is 1. The number of pyridine rings is 1. The zero-order valence-electron chi connectivity index (χ0n) is 12.6. The first-order valence-electron chi connectivity index (χ1n) is 6.93. The summed E-state index contributed by atoms with van der Waals surface area (Å²) in [6.45, 7) is 2.68. The third kappa shape index (κ3) is 4.65. The SMILES string of the molecule is CCC(=O)OCCN(C)c1ccc(N=Nc2ncc[nH]2)cn1. The van der Waals surface area contributed by atoms with Crippen molar-refractivity contribution in [2.75, 3.05) is 25.1 Å². The molecule has 0 aliphatic heterocycles. The normalized spacial score (nSPS) is 10.8. The van der Waals surface area contributed by atoms with E-state index in [0.29, 0.717) is 31.2 Å². The number of nitrogens with zero attached hydrogens (tertiary/aromatic N) is 5. The van der Waals surface area contributed by atoms with Gasteiger partial charge in [-0.2, -0.15) is 0 Å². The summed E-state index contributed by atoms with van der Waals surface area (Å²) < 4.78 is 5.03. The van der Waals surface area contributed by atoms with Crippen LogP contribution in [0, 0.1) is 0 Å². The molecule has 0 aliphatic carbocycles. The second-order valence-electron chi connectivity index (χ2n) is 4.48. The van der Waals surface area contributed by atoms with Crippen molar-refractivity contribution in [3.63, 3.8) is 0 Å². The molecule has 0 amide bonds. The number of rotatable bonds is 7. The van der Waals surface area contributed by atoms with Crippen LogP contribution >= 0.6 is 0 Å². The Morgan fingerprint density at radius 3 is 2.86 bits per heavy atom. The Labute approximate surface area is 128 Å². The minimum Gasteiger partial charge on any atom is -0.464 e. The van der Waals surface area contributed by atoms with Crippen LogP contribution in [0.3, 0.4) is 0 Å². The van der Waals surface area contributed by atoms with E-state index in [1.54, 1.807) is 25.5 Å². The highest BCUT2D eigenvalue weighted by Crippen LogP contribution is 2.17. The van der Waals surface area contributed by atoms with Gasteiger partial charge in [0.05, 0.1) is 12.7 Å². The van der Waals surface area contributed by atoms with E-state index in [2.05, 4.69) is 25.2 Å². The number of nitrogens with one attached hydrogen (secondary N) is 1. The van der Waals surface area contributed by atoms with Crippen LogP contribution < -0.4 is 4.90 Å². The highest BCUT2D eigenvalue weighted by atomic mass is 16.5. The van der Waals surface area contributed by atoms with Gasteiger partial charge >= 0.3 is 5.97 Å². The molecule has 0 aromatic carbocycles. The predicted molar refractivity (Wildman–Crippen MR) is 81.5 cm³/mol. The van der Waals surface area contributed by atoms with Crippen LogP contribution in [0.25, 0.3) is 0 Å². The van der Waals surface area contributed by atoms with Gasteiger partial charge in [0.1, 0.15) is 18.1 Å². The number of carbonyl (C=O) groups is 1. The number of likely N-dealkylation sites (N-methyl/N-ethyl adjacent to an activating group) is 1. The van der Waals surface area contributed by atoms with Gasteiger partial charge in [-0.3, -0.25) is 4.79 Å². The average molecular weight is 302 g/mol. The summed E-state index contributed by atoms with van der Waals surface area (Å²) in [6.07, 6.45) is 5.29. The van der Waals surface area contributed by atoms with Crippen molar-refractivity contribution in [3.8, 4) is 0 Å². The standard InChI is InChI=1S/C14H18N6O2/c1-3-13(21)22-9-8-20(2)12-5-4-11(10-17-12)18-19-14-15-6-7-16-14/h4-7,10H,3,8-9H2,1-2H3,(H,15,16). The van der Waals surface area contributed by atoms with Crippen LogP contribution in [0.15, 0.2) is 41.0 Å². The van der Waals surface area contributed by atoms with Crippen LogP contribution in [0.4, 0.5) is 17.5 Å². The minimum absolute atomic E-state index is 0.199. The van der Waals surface area contributed by atoms with Crippen molar-refractivity contribution in [2.24, 2.45) is 10.2 Å². The van der Waals surface area contributed by atoms with E-state index in [1.807, 2.05) is 24.1 Å². The van der Waals surface area contributed by atoms with Crippen LogP contribution in [-0.4, -0.2) is 41.1 Å². The molecule has 0 atom stereocenters. The van der Waals surface area contributed by atoms with Crippen molar-refractivity contribution >= 4 is 23.4 Å². The second-order valence-corrected chi connectivity index (χ2v) is 4.48. The first-order chi connectivity index (χ1) is 10.7. The molecule has 0 radical (unpaired) electrons. The highest BCUT2D eigenvalue weighted by molar-refractivity contribution is 5.68. The van der Waals surface area contributed by atoms with Gasteiger partial charge in [0.25, 0.3) is 0 Å². The molecule has 8 heteroatoms. The predicted octanol–water partition coefficient (Wildman–Crippen LogP) is 2.61. The van der Waals surface area contributed by atoms with Gasteiger partial charge in [0.2, 0.25) is 5.95 Å². The molecule has 22 heavy (non-hydrogen) atoms. The largest absolute Gasteiger partial charge is 0.464 e. The second kappa shape index (κ2) is 7.87. The number of carbonyl (C=O) groups excluding carboxylic acids is 1. The lowest BCUT2D eigenvalue weighted by Gasteiger charge is -2.17. The van der Waals surface area contributed by atoms with Gasteiger partial charge in [-0.1, -0.05) is 6.92 Å². The van der Waals surface area contributed by atoms with E-state index in [0.717, 1.165) is 5.82 Å². The lowest BCUT2D eigenvalue weighted by Crippen LogP contribution is -2.24. The quantitative estimate of drug-likeness (QED) is 0.626. The van der Waals surface area contributed by atoms with Crippen LogP contribution in [0.5, 0.6) is 0 Å². The van der Waals surface area contributed by atoms with E-state index in [4.69, 9.17) is 4.74 Å². The van der Waals surface area contributed by atoms with E-state index in [-0.39, 0.29) is 5.97 Å². The Bertz CT molecular complexity index is 609. The summed E-state index contributed by atoms with van der Waals surface area (Å²) in [6, 6.07) is 3.64. The molecule has 2 aromatic heterocycles. The number of ether oxygens (including phenoxy) is 1. The molecule has 0 saturated carbocycles. The Hall–Kier alpha value is -2.77. The smallest absolute Gasteiger partial charge is 0.305 e. The maximum atomic E-state index is 11.1. The topological polar surface area (TPSA) is 95.8 Å². The molecule has 2 aromatic rings. The monoisotopic (exact) mass is 302 g/mol. The fourth-order valence-corrected chi connectivity index (χ4v) is 1.59. The Kier molecular flexibility index (Phi) is 5.58. The van der Waals surface area contributed by atoms with Crippen molar-refractivity contribution in [2.45, 2.75) is 13.3 Å². The first kappa shape index (κ1) is 15.6. The molecule has 0 fully saturated rings. The third-order valence-electron chi connectivity index (χ3n) is 2.85. The van der Waals surface area contributed by atoms with Gasteiger partial charge in [0.15, 0.2) is 0 Å². The summed E-state index contributed by atoms with van der Waals surface area (Å²) in [4.78, 5) is 24.0. The lowest BCUT2D eigenvalue weighted by molar-refractivity contribution is -0.142. The molecule has 2 rings (SSSR count). The maximum absolute atomic E-state index is 11.1. The van der Waals surface area contributed by atoms with Crippen molar-refractivity contribution in [3.05, 3.63) is 30.7 Å². The number of anilines is 1. The fourth-order valence-electron chi connectivity index (χ4n) is 1.59. The zero-order valence-corrected chi connectivity index (χ0v) is 12.6. The number of hydrogen-bond acceptors (Lipinski definition) is 7. The minimum atomic E-state index is -0.199. The molecule has 2 heterocycles. The number of aromatic amines is 1. The van der Waals surface area contributed by atoms with E-state index < -0.39 is 0 Å².